The molecule has 35 heavy (non-hydrogen) atoms. The molecule has 1 unspecified atom stereocenters. The predicted octanol–water partition coefficient (Wildman–Crippen LogP) is 4.20. The van der Waals surface area contributed by atoms with Gasteiger partial charge in [-0.1, -0.05) is 43.5 Å². The van der Waals surface area contributed by atoms with Gasteiger partial charge in [0.25, 0.3) is 11.8 Å². The van der Waals surface area contributed by atoms with E-state index >= 15 is 0 Å². The number of hydrogen-bond donors (Lipinski definition) is 3. The van der Waals surface area contributed by atoms with Gasteiger partial charge in [-0.05, 0) is 49.4 Å². The first-order valence-corrected chi connectivity index (χ1v) is 12.0. The number of amides is 3. The molecule has 3 aromatic rings. The fourth-order valence-corrected chi connectivity index (χ4v) is 4.50. The molecule has 0 spiro atoms. The lowest BCUT2D eigenvalue weighted by atomic mass is 9.83. The number of furan rings is 2. The third kappa shape index (κ3) is 5.82. The Morgan fingerprint density at radius 1 is 0.971 bits per heavy atom. The fraction of sp³-hybridized carbons (Fsp3) is 0.370. The maximum Gasteiger partial charge on any atom is 0.287 e. The molecule has 3 amide bonds. The van der Waals surface area contributed by atoms with Gasteiger partial charge in [0.15, 0.2) is 11.5 Å². The fourth-order valence-electron chi connectivity index (χ4n) is 4.50. The number of nitrogens with one attached hydrogen (secondary N) is 3. The Morgan fingerprint density at radius 2 is 1.71 bits per heavy atom. The minimum Gasteiger partial charge on any atom is -0.459 e. The number of hydrogen-bond acceptors (Lipinski definition) is 5. The van der Waals surface area contributed by atoms with Crippen molar-refractivity contribution in [3.63, 3.8) is 0 Å². The van der Waals surface area contributed by atoms with Crippen LogP contribution in [0.1, 0.15) is 64.3 Å². The summed E-state index contributed by atoms with van der Waals surface area (Å²) in [5.74, 6) is 0.310. The molecule has 8 nitrogen and oxygen atoms in total. The van der Waals surface area contributed by atoms with Crippen molar-refractivity contribution in [3.05, 3.63) is 71.4 Å². The van der Waals surface area contributed by atoms with Gasteiger partial charge in [0.05, 0.1) is 6.26 Å². The second-order valence-electron chi connectivity index (χ2n) is 8.94. The van der Waals surface area contributed by atoms with Crippen LogP contribution in [0.2, 0.25) is 0 Å². The summed E-state index contributed by atoms with van der Waals surface area (Å²) in [6.45, 7) is 2.17. The van der Waals surface area contributed by atoms with Crippen LogP contribution in [-0.4, -0.2) is 30.8 Å². The van der Waals surface area contributed by atoms with Crippen molar-refractivity contribution in [1.29, 1.82) is 0 Å². The zero-order chi connectivity index (χ0) is 24.8. The third-order valence-corrected chi connectivity index (χ3v) is 6.53. The second-order valence-corrected chi connectivity index (χ2v) is 8.94. The van der Waals surface area contributed by atoms with Crippen LogP contribution < -0.4 is 16.0 Å². The van der Waals surface area contributed by atoms with Crippen LogP contribution >= 0.6 is 0 Å². The molecule has 1 aliphatic carbocycles. The van der Waals surface area contributed by atoms with Gasteiger partial charge in [-0.15, -0.1) is 0 Å². The van der Waals surface area contributed by atoms with Crippen molar-refractivity contribution < 1.29 is 23.2 Å². The van der Waals surface area contributed by atoms with Crippen molar-refractivity contribution >= 4 is 17.7 Å². The normalized spacial score (nSPS) is 14.8. The van der Waals surface area contributed by atoms with Gasteiger partial charge in [0.2, 0.25) is 5.91 Å². The molecule has 1 fully saturated rings. The first-order chi connectivity index (χ1) is 17.0. The highest BCUT2D eigenvalue weighted by Gasteiger charge is 2.31. The standard InChI is InChI=1S/C27H31N3O5/c1-17-14-15-34-24(17)27(33)29-16-18-8-10-19(11-9-18)21-12-13-22(35-21)25(31)30-23(26(32)28-2)20-6-4-3-5-7-20/h8-15,20,23H,3-7,16H2,1-2H3,(H,28,32)(H,29,33)(H,30,31). The van der Waals surface area contributed by atoms with Gasteiger partial charge >= 0.3 is 0 Å². The zero-order valence-electron chi connectivity index (χ0n) is 20.1. The molecule has 0 aliphatic heterocycles. The minimum absolute atomic E-state index is 0.131. The molecule has 1 atom stereocenters. The predicted molar refractivity (Wildman–Crippen MR) is 131 cm³/mol. The van der Waals surface area contributed by atoms with E-state index in [0.717, 1.165) is 42.4 Å². The van der Waals surface area contributed by atoms with E-state index in [2.05, 4.69) is 16.0 Å². The van der Waals surface area contributed by atoms with Crippen LogP contribution in [-0.2, 0) is 11.3 Å². The molecule has 1 saturated carbocycles. The average Bonchev–Trinajstić information content (AvgIpc) is 3.56. The van der Waals surface area contributed by atoms with E-state index in [0.29, 0.717) is 18.1 Å². The van der Waals surface area contributed by atoms with E-state index in [1.807, 2.05) is 31.2 Å². The van der Waals surface area contributed by atoms with Gasteiger partial charge < -0.3 is 24.8 Å². The quantitative estimate of drug-likeness (QED) is 0.450. The molecule has 4 rings (SSSR count). The van der Waals surface area contributed by atoms with Gasteiger partial charge in [0, 0.05) is 24.7 Å². The number of rotatable bonds is 8. The van der Waals surface area contributed by atoms with E-state index < -0.39 is 11.9 Å². The number of likely N-dealkylation sites (N-methyl/N-ethyl adjacent to an activating group) is 1. The van der Waals surface area contributed by atoms with Crippen LogP contribution in [0.4, 0.5) is 0 Å². The average molecular weight is 478 g/mol. The maximum absolute atomic E-state index is 12.9. The van der Waals surface area contributed by atoms with Crippen molar-refractivity contribution in [3.8, 4) is 11.3 Å². The summed E-state index contributed by atoms with van der Waals surface area (Å²) in [5.41, 5.74) is 2.50. The molecule has 0 bridgehead atoms. The second kappa shape index (κ2) is 11.1. The van der Waals surface area contributed by atoms with Crippen LogP contribution in [0.25, 0.3) is 11.3 Å². The maximum atomic E-state index is 12.9. The van der Waals surface area contributed by atoms with Crippen molar-refractivity contribution in [2.45, 2.75) is 51.6 Å². The molecular formula is C27H31N3O5. The molecule has 0 radical (unpaired) electrons. The first-order valence-electron chi connectivity index (χ1n) is 12.0. The Bertz CT molecular complexity index is 1170. The highest BCUT2D eigenvalue weighted by Crippen LogP contribution is 2.27. The van der Waals surface area contributed by atoms with Gasteiger partial charge in [-0.3, -0.25) is 14.4 Å². The number of carbonyl (C=O) groups is 3. The van der Waals surface area contributed by atoms with Crippen molar-refractivity contribution in [2.75, 3.05) is 7.05 Å². The molecule has 0 saturated heterocycles. The van der Waals surface area contributed by atoms with Crippen LogP contribution in [0, 0.1) is 12.8 Å². The summed E-state index contributed by atoms with van der Waals surface area (Å²) in [6, 6.07) is 12.0. The van der Waals surface area contributed by atoms with E-state index in [1.54, 1.807) is 25.2 Å². The zero-order valence-corrected chi connectivity index (χ0v) is 20.1. The van der Waals surface area contributed by atoms with E-state index in [-0.39, 0.29) is 23.5 Å². The van der Waals surface area contributed by atoms with E-state index in [1.165, 1.54) is 12.7 Å². The third-order valence-electron chi connectivity index (χ3n) is 6.53. The molecule has 2 aromatic heterocycles. The van der Waals surface area contributed by atoms with E-state index in [9.17, 15) is 14.4 Å². The molecule has 2 heterocycles. The Morgan fingerprint density at radius 3 is 2.37 bits per heavy atom. The molecule has 184 valence electrons. The smallest absolute Gasteiger partial charge is 0.287 e. The lowest BCUT2D eigenvalue weighted by Gasteiger charge is -2.29. The van der Waals surface area contributed by atoms with Crippen molar-refractivity contribution in [1.82, 2.24) is 16.0 Å². The molecule has 1 aliphatic rings. The summed E-state index contributed by atoms with van der Waals surface area (Å²) >= 11 is 0. The Kier molecular flexibility index (Phi) is 7.70. The Hall–Kier alpha value is -3.81. The number of carbonyl (C=O) groups excluding carboxylic acids is 3. The van der Waals surface area contributed by atoms with E-state index in [4.69, 9.17) is 8.83 Å². The summed E-state index contributed by atoms with van der Waals surface area (Å²) in [4.78, 5) is 37.5. The largest absolute Gasteiger partial charge is 0.459 e. The van der Waals surface area contributed by atoms with Crippen molar-refractivity contribution in [2.24, 2.45) is 5.92 Å². The molecule has 3 N–H and O–H groups in total. The summed E-state index contributed by atoms with van der Waals surface area (Å²) in [6.07, 6.45) is 6.65. The van der Waals surface area contributed by atoms with Crippen LogP contribution in [0.15, 0.2) is 57.6 Å². The first kappa shape index (κ1) is 24.3. The van der Waals surface area contributed by atoms with Crippen LogP contribution in [0.3, 0.4) is 0 Å². The molecular weight excluding hydrogens is 446 g/mol. The highest BCUT2D eigenvalue weighted by atomic mass is 16.4. The SMILES string of the molecule is CNC(=O)C(NC(=O)c1ccc(-c2ccc(CNC(=O)c3occc3C)cc2)o1)C1CCCCC1. The van der Waals surface area contributed by atoms with Gasteiger partial charge in [0.1, 0.15) is 11.8 Å². The molecule has 8 heteroatoms. The van der Waals surface area contributed by atoms with Gasteiger partial charge in [-0.25, -0.2) is 0 Å². The summed E-state index contributed by atoms with van der Waals surface area (Å²) in [7, 11) is 1.59. The Labute approximate surface area is 204 Å². The molecule has 1 aromatic carbocycles. The number of aryl methyl sites for hydroxylation is 1. The summed E-state index contributed by atoms with van der Waals surface area (Å²) in [5, 5.41) is 8.38. The minimum atomic E-state index is -0.569. The number of benzene rings is 1. The highest BCUT2D eigenvalue weighted by molar-refractivity contribution is 5.96. The Balaban J connectivity index is 1.37. The topological polar surface area (TPSA) is 114 Å². The van der Waals surface area contributed by atoms with Gasteiger partial charge in [-0.2, -0.15) is 0 Å². The van der Waals surface area contributed by atoms with Crippen LogP contribution in [0.5, 0.6) is 0 Å². The lowest BCUT2D eigenvalue weighted by molar-refractivity contribution is -0.124. The lowest BCUT2D eigenvalue weighted by Crippen LogP contribution is -2.50. The monoisotopic (exact) mass is 477 g/mol. The summed E-state index contributed by atoms with van der Waals surface area (Å²) < 4.78 is 11.0.